The van der Waals surface area contributed by atoms with Gasteiger partial charge in [-0.05, 0) is 0 Å². The Hall–Kier alpha value is -1.73. The number of aliphatic hydroxyl groups is 1. The van der Waals surface area contributed by atoms with Crippen LogP contribution in [0, 0.1) is 5.92 Å². The van der Waals surface area contributed by atoms with E-state index >= 15 is 0 Å². The van der Waals surface area contributed by atoms with E-state index in [0.29, 0.717) is 0 Å². The van der Waals surface area contributed by atoms with Crippen molar-refractivity contribution >= 4 is 17.9 Å². The molecular weight excluding hydrogens is 260 g/mol. The maximum Gasteiger partial charge on any atom is 0.325 e. The lowest BCUT2D eigenvalue weighted by atomic mass is 10.1. The smallest absolute Gasteiger partial charge is 0.325 e. The lowest BCUT2D eigenvalue weighted by Crippen LogP contribution is -2.47. The van der Waals surface area contributed by atoms with Crippen LogP contribution in [0.5, 0.6) is 0 Å². The largest absolute Gasteiger partial charge is 0.468 e. The molecule has 1 saturated heterocycles. The fourth-order valence-electron chi connectivity index (χ4n) is 1.54. The number of hydrogen-bond donors (Lipinski definition) is 1. The predicted molar refractivity (Wildman–Crippen MR) is 58.4 cm³/mol. The van der Waals surface area contributed by atoms with E-state index in [4.69, 9.17) is 14.6 Å². The summed E-state index contributed by atoms with van der Waals surface area (Å²) in [5.74, 6) is -1.66. The zero-order valence-corrected chi connectivity index (χ0v) is 10.5. The van der Waals surface area contributed by atoms with Crippen molar-refractivity contribution in [2.75, 3.05) is 27.4 Å². The number of esters is 2. The molecule has 1 N–H and O–H groups in total. The standard InChI is InChI=1S/C11H14O8/c1-16-9(14)8(10(15)17-2)11-18-5-6(3-12)7(4-13)19-11/h7-8,11,13H,4-5H2,1-2H3/t7-,11?/m1/s1. The molecule has 1 rings (SSSR count). The van der Waals surface area contributed by atoms with Crippen LogP contribution in [0.25, 0.3) is 0 Å². The number of rotatable bonds is 4. The third-order valence-corrected chi connectivity index (χ3v) is 2.57. The Balaban J connectivity index is 2.90. The lowest BCUT2D eigenvalue weighted by Gasteiger charge is -2.32. The molecule has 8 heteroatoms. The van der Waals surface area contributed by atoms with Gasteiger partial charge in [0.25, 0.3) is 0 Å². The first-order valence-corrected chi connectivity index (χ1v) is 5.36. The predicted octanol–water partition coefficient (Wildman–Crippen LogP) is -1.56. The molecule has 1 fully saturated rings. The fraction of sp³-hybridized carbons (Fsp3) is 0.636. The summed E-state index contributed by atoms with van der Waals surface area (Å²) in [6.45, 7) is -0.705. The topological polar surface area (TPSA) is 108 Å². The molecule has 0 aromatic carbocycles. The van der Waals surface area contributed by atoms with Crippen LogP contribution >= 0.6 is 0 Å². The summed E-state index contributed by atoms with van der Waals surface area (Å²) in [6.07, 6.45) is -2.28. The maximum atomic E-state index is 11.5. The Bertz CT molecular complexity index is 381. The molecule has 0 saturated carbocycles. The highest BCUT2D eigenvalue weighted by Crippen LogP contribution is 2.23. The lowest BCUT2D eigenvalue weighted by molar-refractivity contribution is -0.227. The van der Waals surface area contributed by atoms with Crippen molar-refractivity contribution < 1.29 is 38.4 Å². The highest BCUT2D eigenvalue weighted by atomic mass is 16.7. The summed E-state index contributed by atoms with van der Waals surface area (Å²) >= 11 is 0. The monoisotopic (exact) mass is 274 g/mol. The maximum absolute atomic E-state index is 11.5. The van der Waals surface area contributed by atoms with Gasteiger partial charge in [-0.25, -0.2) is 4.79 Å². The second-order valence-corrected chi connectivity index (χ2v) is 3.64. The van der Waals surface area contributed by atoms with E-state index in [1.54, 1.807) is 5.94 Å². The van der Waals surface area contributed by atoms with Crippen molar-refractivity contribution in [2.24, 2.45) is 5.92 Å². The van der Waals surface area contributed by atoms with Crippen molar-refractivity contribution in [3.8, 4) is 0 Å². The van der Waals surface area contributed by atoms with E-state index in [1.807, 2.05) is 0 Å². The molecule has 0 bridgehead atoms. The first-order chi connectivity index (χ1) is 9.08. The van der Waals surface area contributed by atoms with Crippen LogP contribution in [0.2, 0.25) is 0 Å². The van der Waals surface area contributed by atoms with Crippen molar-refractivity contribution in [3.63, 3.8) is 0 Å². The molecule has 1 aliphatic heterocycles. The van der Waals surface area contributed by atoms with Gasteiger partial charge in [-0.2, -0.15) is 0 Å². The van der Waals surface area contributed by atoms with Crippen LogP contribution in [0.15, 0.2) is 5.57 Å². The summed E-state index contributed by atoms with van der Waals surface area (Å²) in [5.41, 5.74) is 0.0623. The van der Waals surface area contributed by atoms with Gasteiger partial charge >= 0.3 is 11.9 Å². The van der Waals surface area contributed by atoms with Gasteiger partial charge < -0.3 is 24.1 Å². The van der Waals surface area contributed by atoms with Crippen molar-refractivity contribution in [1.29, 1.82) is 0 Å². The first kappa shape index (κ1) is 15.3. The number of methoxy groups -OCH3 is 2. The molecular formula is C11H14O8. The van der Waals surface area contributed by atoms with Gasteiger partial charge in [0.15, 0.2) is 6.29 Å². The zero-order valence-electron chi connectivity index (χ0n) is 10.5. The highest BCUT2D eigenvalue weighted by molar-refractivity contribution is 5.95. The van der Waals surface area contributed by atoms with Crippen LogP contribution in [0.1, 0.15) is 0 Å². The van der Waals surface area contributed by atoms with E-state index < -0.39 is 36.9 Å². The van der Waals surface area contributed by atoms with E-state index in [1.165, 1.54) is 0 Å². The second kappa shape index (κ2) is 7.01. The molecule has 106 valence electrons. The van der Waals surface area contributed by atoms with Crippen LogP contribution < -0.4 is 0 Å². The van der Waals surface area contributed by atoms with Crippen LogP contribution in [-0.2, 0) is 33.3 Å². The molecule has 2 atom stereocenters. The Morgan fingerprint density at radius 3 is 2.42 bits per heavy atom. The fourth-order valence-corrected chi connectivity index (χ4v) is 1.54. The summed E-state index contributed by atoms with van der Waals surface area (Å²) in [7, 11) is 2.20. The number of aliphatic hydroxyl groups excluding tert-OH is 1. The summed E-state index contributed by atoms with van der Waals surface area (Å²) in [4.78, 5) is 33.6. The number of carbonyl (C=O) groups excluding carboxylic acids is 3. The Labute approximate surface area is 108 Å². The average molecular weight is 274 g/mol. The quantitative estimate of drug-likeness (QED) is 0.372. The van der Waals surface area contributed by atoms with E-state index in [0.717, 1.165) is 14.2 Å². The molecule has 1 aliphatic rings. The molecule has 0 aromatic heterocycles. The van der Waals surface area contributed by atoms with Gasteiger partial charge in [-0.1, -0.05) is 0 Å². The molecule has 19 heavy (non-hydrogen) atoms. The molecule has 0 aromatic rings. The van der Waals surface area contributed by atoms with Gasteiger partial charge in [0.2, 0.25) is 5.92 Å². The Morgan fingerprint density at radius 2 is 2.00 bits per heavy atom. The first-order valence-electron chi connectivity index (χ1n) is 5.36. The SMILES string of the molecule is COC(=O)C(C(=O)OC)C1OCC(=C=O)[C@@H](CO)O1. The van der Waals surface area contributed by atoms with Crippen LogP contribution in [0.3, 0.4) is 0 Å². The van der Waals surface area contributed by atoms with Crippen molar-refractivity contribution in [2.45, 2.75) is 12.4 Å². The molecule has 8 nitrogen and oxygen atoms in total. The highest BCUT2D eigenvalue weighted by Gasteiger charge is 2.43. The molecule has 1 heterocycles. The van der Waals surface area contributed by atoms with Crippen LogP contribution in [-0.4, -0.2) is 62.8 Å². The summed E-state index contributed by atoms with van der Waals surface area (Å²) in [6, 6.07) is 0. The van der Waals surface area contributed by atoms with Gasteiger partial charge in [-0.3, -0.25) is 9.59 Å². The van der Waals surface area contributed by atoms with Gasteiger partial charge in [0.1, 0.15) is 12.0 Å². The normalized spacial score (nSPS) is 22.8. The van der Waals surface area contributed by atoms with E-state index in [9.17, 15) is 14.4 Å². The van der Waals surface area contributed by atoms with Crippen molar-refractivity contribution in [3.05, 3.63) is 5.57 Å². The molecule has 0 aliphatic carbocycles. The number of carbonyl (C=O) groups is 2. The zero-order chi connectivity index (χ0) is 14.4. The Kier molecular flexibility index (Phi) is 5.65. The summed E-state index contributed by atoms with van der Waals surface area (Å²) < 4.78 is 19.2. The van der Waals surface area contributed by atoms with Gasteiger partial charge in [0, 0.05) is 0 Å². The van der Waals surface area contributed by atoms with E-state index in [-0.39, 0.29) is 12.2 Å². The van der Waals surface area contributed by atoms with Crippen molar-refractivity contribution in [1.82, 2.24) is 0 Å². The average Bonchev–Trinajstić information content (AvgIpc) is 2.46. The third-order valence-electron chi connectivity index (χ3n) is 2.57. The van der Waals surface area contributed by atoms with E-state index in [2.05, 4.69) is 9.47 Å². The number of ether oxygens (including phenoxy) is 4. The number of hydrogen-bond acceptors (Lipinski definition) is 8. The molecule has 1 unspecified atom stereocenters. The van der Waals surface area contributed by atoms with Crippen LogP contribution in [0.4, 0.5) is 0 Å². The minimum Gasteiger partial charge on any atom is -0.468 e. The minimum absolute atomic E-state index is 0.0623. The summed E-state index contributed by atoms with van der Waals surface area (Å²) in [5, 5.41) is 9.07. The van der Waals surface area contributed by atoms with Gasteiger partial charge in [-0.15, -0.1) is 0 Å². The molecule has 0 amide bonds. The minimum atomic E-state index is -1.45. The molecule has 0 radical (unpaired) electrons. The molecule has 0 spiro atoms. The van der Waals surface area contributed by atoms with Gasteiger partial charge in [0.05, 0.1) is 33.0 Å². The Morgan fingerprint density at radius 1 is 1.42 bits per heavy atom. The second-order valence-electron chi connectivity index (χ2n) is 3.64. The third kappa shape index (κ3) is 3.39.